The number of rotatable bonds is 8. The summed E-state index contributed by atoms with van der Waals surface area (Å²) in [4.78, 5) is 0. The first-order chi connectivity index (χ1) is 13.3. The minimum atomic E-state index is -0.262. The lowest BCUT2D eigenvalue weighted by molar-refractivity contribution is 0.343. The molecule has 0 bridgehead atoms. The Morgan fingerprint density at radius 3 is 2.78 bits per heavy atom. The van der Waals surface area contributed by atoms with Crippen molar-refractivity contribution in [2.24, 2.45) is 0 Å². The molecule has 0 radical (unpaired) electrons. The van der Waals surface area contributed by atoms with Gasteiger partial charge in [-0.1, -0.05) is 43.0 Å². The van der Waals surface area contributed by atoms with Crippen molar-refractivity contribution in [3.05, 3.63) is 59.9 Å². The van der Waals surface area contributed by atoms with E-state index in [0.29, 0.717) is 24.0 Å². The molecule has 6 heteroatoms. The van der Waals surface area contributed by atoms with E-state index in [-0.39, 0.29) is 5.82 Å². The average Bonchev–Trinajstić information content (AvgIpc) is 3.45. The fourth-order valence-corrected chi connectivity index (χ4v) is 3.83. The van der Waals surface area contributed by atoms with Crippen LogP contribution >= 0.6 is 11.8 Å². The molecular weight excluding hydrogens is 361 g/mol. The molecule has 1 saturated carbocycles. The third-order valence-electron chi connectivity index (χ3n) is 4.58. The Labute approximate surface area is 162 Å². The van der Waals surface area contributed by atoms with Crippen LogP contribution in [-0.4, -0.2) is 27.1 Å². The predicted octanol–water partition coefficient (Wildman–Crippen LogP) is 5.15. The molecule has 1 aliphatic carbocycles. The topological polar surface area (TPSA) is 39.9 Å². The molecule has 0 unspecified atom stereocenters. The quantitative estimate of drug-likeness (QED) is 0.398. The van der Waals surface area contributed by atoms with E-state index in [1.54, 1.807) is 23.9 Å². The molecule has 2 aromatic carbocycles. The van der Waals surface area contributed by atoms with E-state index < -0.39 is 0 Å². The van der Waals surface area contributed by atoms with Crippen molar-refractivity contribution in [1.29, 1.82) is 0 Å². The highest BCUT2D eigenvalue weighted by Crippen LogP contribution is 2.41. The van der Waals surface area contributed by atoms with E-state index in [4.69, 9.17) is 4.74 Å². The second kappa shape index (κ2) is 8.13. The molecule has 4 nitrogen and oxygen atoms in total. The number of halogens is 1. The zero-order valence-electron chi connectivity index (χ0n) is 15.3. The highest BCUT2D eigenvalue weighted by atomic mass is 32.2. The number of hydrogen-bond donors (Lipinski definition) is 0. The minimum Gasteiger partial charge on any atom is -0.493 e. The molecule has 1 aliphatic rings. The minimum absolute atomic E-state index is 0.262. The summed E-state index contributed by atoms with van der Waals surface area (Å²) in [7, 11) is 0. The number of ether oxygens (including phenoxy) is 1. The molecule has 1 fully saturated rings. The van der Waals surface area contributed by atoms with Gasteiger partial charge in [-0.15, -0.1) is 10.2 Å². The van der Waals surface area contributed by atoms with Crippen molar-refractivity contribution in [2.45, 2.75) is 37.4 Å². The van der Waals surface area contributed by atoms with Crippen LogP contribution < -0.4 is 4.74 Å². The van der Waals surface area contributed by atoms with Crippen LogP contribution in [0.4, 0.5) is 4.39 Å². The smallest absolute Gasteiger partial charge is 0.191 e. The van der Waals surface area contributed by atoms with Gasteiger partial charge >= 0.3 is 0 Å². The van der Waals surface area contributed by atoms with Gasteiger partial charge in [0.2, 0.25) is 0 Å². The first-order valence-electron chi connectivity index (χ1n) is 9.30. The number of nitrogens with zero attached hydrogens (tertiary/aromatic N) is 3. The second-order valence-corrected chi connectivity index (χ2v) is 7.65. The summed E-state index contributed by atoms with van der Waals surface area (Å²) in [6.45, 7) is 2.72. The summed E-state index contributed by atoms with van der Waals surface area (Å²) in [5.41, 5.74) is 1.78. The van der Waals surface area contributed by atoms with E-state index >= 15 is 0 Å². The summed E-state index contributed by atoms with van der Waals surface area (Å²) in [6, 6.07) is 15.3. The zero-order valence-corrected chi connectivity index (χ0v) is 16.1. The standard InChI is InChI=1S/C21H22FN3OS/c1-2-15-6-5-7-17(14-15)26-12-13-27-21-24-23-20(25(21)16-10-11-16)18-8-3-4-9-19(18)22/h3-9,14,16H,2,10-13H2,1H3. The van der Waals surface area contributed by atoms with Gasteiger partial charge in [0.25, 0.3) is 0 Å². The van der Waals surface area contributed by atoms with Crippen LogP contribution in [0.3, 0.4) is 0 Å². The Morgan fingerprint density at radius 1 is 1.15 bits per heavy atom. The highest BCUT2D eigenvalue weighted by Gasteiger charge is 2.30. The highest BCUT2D eigenvalue weighted by molar-refractivity contribution is 7.99. The molecule has 1 aromatic heterocycles. The SMILES string of the molecule is CCc1cccc(OCCSc2nnc(-c3ccccc3F)n2C2CC2)c1. The molecule has 27 heavy (non-hydrogen) atoms. The van der Waals surface area contributed by atoms with Gasteiger partial charge in [0.15, 0.2) is 11.0 Å². The van der Waals surface area contributed by atoms with Crippen molar-refractivity contribution < 1.29 is 9.13 Å². The maximum atomic E-state index is 14.2. The normalized spacial score (nSPS) is 13.7. The molecule has 0 aliphatic heterocycles. The molecule has 0 saturated heterocycles. The molecule has 0 N–H and O–H groups in total. The Kier molecular flexibility index (Phi) is 5.43. The first-order valence-corrected chi connectivity index (χ1v) is 10.3. The lowest BCUT2D eigenvalue weighted by Crippen LogP contribution is -2.04. The maximum absolute atomic E-state index is 14.2. The van der Waals surface area contributed by atoms with E-state index in [1.807, 2.05) is 18.2 Å². The Balaban J connectivity index is 1.43. The summed E-state index contributed by atoms with van der Waals surface area (Å²) in [6.07, 6.45) is 3.18. The van der Waals surface area contributed by atoms with Crippen molar-refractivity contribution >= 4 is 11.8 Å². The third-order valence-corrected chi connectivity index (χ3v) is 5.49. The largest absolute Gasteiger partial charge is 0.493 e. The lowest BCUT2D eigenvalue weighted by Gasteiger charge is -2.10. The van der Waals surface area contributed by atoms with Crippen LogP contribution in [0.25, 0.3) is 11.4 Å². The van der Waals surface area contributed by atoms with Gasteiger partial charge in [0, 0.05) is 11.8 Å². The first kappa shape index (κ1) is 18.0. The van der Waals surface area contributed by atoms with E-state index in [2.05, 4.69) is 33.8 Å². The van der Waals surface area contributed by atoms with Gasteiger partial charge < -0.3 is 4.74 Å². The third kappa shape index (κ3) is 4.16. The zero-order chi connectivity index (χ0) is 18.6. The second-order valence-electron chi connectivity index (χ2n) is 6.59. The van der Waals surface area contributed by atoms with Gasteiger partial charge in [-0.25, -0.2) is 4.39 Å². The Morgan fingerprint density at radius 2 is 2.00 bits per heavy atom. The van der Waals surface area contributed by atoms with Crippen molar-refractivity contribution in [3.8, 4) is 17.1 Å². The van der Waals surface area contributed by atoms with Crippen LogP contribution in [0.2, 0.25) is 0 Å². The lowest BCUT2D eigenvalue weighted by atomic mass is 10.2. The van der Waals surface area contributed by atoms with E-state index in [0.717, 1.165) is 35.9 Å². The van der Waals surface area contributed by atoms with Gasteiger partial charge in [0.05, 0.1) is 12.2 Å². The Hall–Kier alpha value is -2.34. The molecule has 0 spiro atoms. The van der Waals surface area contributed by atoms with Crippen LogP contribution in [0, 0.1) is 5.82 Å². The number of thioether (sulfide) groups is 1. The summed E-state index contributed by atoms with van der Waals surface area (Å²) >= 11 is 1.61. The van der Waals surface area contributed by atoms with Gasteiger partial charge in [-0.3, -0.25) is 4.57 Å². The van der Waals surface area contributed by atoms with Crippen molar-refractivity contribution in [1.82, 2.24) is 14.8 Å². The fourth-order valence-electron chi connectivity index (χ4n) is 3.01. The van der Waals surface area contributed by atoms with Gasteiger partial charge in [-0.2, -0.15) is 0 Å². The summed E-state index contributed by atoms with van der Waals surface area (Å²) < 4.78 is 22.1. The molecule has 3 aromatic rings. The summed E-state index contributed by atoms with van der Waals surface area (Å²) in [5, 5.41) is 9.43. The number of benzene rings is 2. The van der Waals surface area contributed by atoms with Crippen molar-refractivity contribution in [2.75, 3.05) is 12.4 Å². The molecule has 0 atom stereocenters. The number of aryl methyl sites for hydroxylation is 1. The molecule has 4 rings (SSSR count). The fraction of sp³-hybridized carbons (Fsp3) is 0.333. The van der Waals surface area contributed by atoms with Gasteiger partial charge in [0.1, 0.15) is 11.6 Å². The van der Waals surface area contributed by atoms with Crippen molar-refractivity contribution in [3.63, 3.8) is 0 Å². The molecular formula is C21H22FN3OS. The van der Waals surface area contributed by atoms with Crippen LogP contribution in [-0.2, 0) is 6.42 Å². The maximum Gasteiger partial charge on any atom is 0.191 e. The molecule has 0 amide bonds. The van der Waals surface area contributed by atoms with E-state index in [1.165, 1.54) is 11.6 Å². The Bertz CT molecular complexity index is 923. The van der Waals surface area contributed by atoms with E-state index in [9.17, 15) is 4.39 Å². The van der Waals surface area contributed by atoms with Gasteiger partial charge in [-0.05, 0) is 49.1 Å². The van der Waals surface area contributed by atoms with Crippen LogP contribution in [0.15, 0.2) is 53.7 Å². The number of aromatic nitrogens is 3. The molecule has 140 valence electrons. The number of hydrogen-bond acceptors (Lipinski definition) is 4. The van der Waals surface area contributed by atoms with Crippen LogP contribution in [0.5, 0.6) is 5.75 Å². The average molecular weight is 383 g/mol. The van der Waals surface area contributed by atoms with Crippen LogP contribution in [0.1, 0.15) is 31.4 Å². The summed E-state index contributed by atoms with van der Waals surface area (Å²) in [5.74, 6) is 2.01. The monoisotopic (exact) mass is 383 g/mol. The predicted molar refractivity (Wildman–Crippen MR) is 106 cm³/mol. The molecule has 1 heterocycles.